The zero-order chi connectivity index (χ0) is 18.0. The molecule has 2 aliphatic rings. The van der Waals surface area contributed by atoms with E-state index in [0.717, 1.165) is 23.0 Å². The number of hydrogen-bond acceptors (Lipinski definition) is 4. The van der Waals surface area contributed by atoms with Crippen LogP contribution in [-0.4, -0.2) is 62.8 Å². The first-order valence-electron chi connectivity index (χ1n) is 8.31. The van der Waals surface area contributed by atoms with Gasteiger partial charge in [0.15, 0.2) is 0 Å². The van der Waals surface area contributed by atoms with Gasteiger partial charge in [0.2, 0.25) is 15.9 Å². The number of halogens is 3. The maximum absolute atomic E-state index is 13.8. The van der Waals surface area contributed by atoms with Crippen molar-refractivity contribution in [2.75, 3.05) is 39.3 Å². The van der Waals surface area contributed by atoms with Gasteiger partial charge in [-0.2, -0.15) is 4.31 Å². The van der Waals surface area contributed by atoms with Crippen LogP contribution in [0.2, 0.25) is 0 Å². The normalized spacial score (nSPS) is 18.5. The van der Waals surface area contributed by atoms with E-state index in [0.29, 0.717) is 12.0 Å². The van der Waals surface area contributed by atoms with Gasteiger partial charge in [0.05, 0.1) is 6.54 Å². The SMILES string of the molecule is Cl.O=C(CNCC1CC1)N1CCN(S(=O)(=O)c2ccc(F)cc2F)CC1. The number of sulfonamides is 1. The highest BCUT2D eigenvalue weighted by Gasteiger charge is 2.32. The van der Waals surface area contributed by atoms with Gasteiger partial charge in [-0.05, 0) is 37.4 Å². The molecule has 1 aliphatic heterocycles. The number of rotatable bonds is 6. The molecule has 2 fully saturated rings. The summed E-state index contributed by atoms with van der Waals surface area (Å²) in [5.74, 6) is -1.32. The largest absolute Gasteiger partial charge is 0.339 e. The minimum absolute atomic E-state index is 0. The van der Waals surface area contributed by atoms with E-state index in [-0.39, 0.29) is 51.0 Å². The molecule has 0 aromatic heterocycles. The van der Waals surface area contributed by atoms with Crippen LogP contribution in [0.15, 0.2) is 23.1 Å². The molecule has 1 saturated carbocycles. The van der Waals surface area contributed by atoms with Crippen molar-refractivity contribution < 1.29 is 22.0 Å². The van der Waals surface area contributed by atoms with Crippen LogP contribution in [0.25, 0.3) is 0 Å². The average molecular weight is 410 g/mol. The van der Waals surface area contributed by atoms with Crippen LogP contribution >= 0.6 is 12.4 Å². The highest BCUT2D eigenvalue weighted by Crippen LogP contribution is 2.27. The smallest absolute Gasteiger partial charge is 0.246 e. The lowest BCUT2D eigenvalue weighted by atomic mass is 10.3. The van der Waals surface area contributed by atoms with Gasteiger partial charge in [0.25, 0.3) is 0 Å². The number of hydrogen-bond donors (Lipinski definition) is 1. The summed E-state index contributed by atoms with van der Waals surface area (Å²) in [7, 11) is -4.04. The minimum Gasteiger partial charge on any atom is -0.339 e. The van der Waals surface area contributed by atoms with E-state index in [4.69, 9.17) is 0 Å². The molecule has 1 N–H and O–H groups in total. The third-order valence-corrected chi connectivity index (χ3v) is 6.44. The van der Waals surface area contributed by atoms with Gasteiger partial charge < -0.3 is 10.2 Å². The first-order chi connectivity index (χ1) is 11.9. The molecule has 0 atom stereocenters. The molecule has 1 aliphatic carbocycles. The Morgan fingerprint density at radius 1 is 1.15 bits per heavy atom. The Balaban J connectivity index is 0.00000243. The lowest BCUT2D eigenvalue weighted by Gasteiger charge is -2.34. The van der Waals surface area contributed by atoms with E-state index in [9.17, 15) is 22.0 Å². The first kappa shape index (κ1) is 21.0. The number of carbonyl (C=O) groups is 1. The average Bonchev–Trinajstić information content (AvgIpc) is 3.39. The molecule has 0 bridgehead atoms. The van der Waals surface area contributed by atoms with E-state index in [1.807, 2.05) is 0 Å². The summed E-state index contributed by atoms with van der Waals surface area (Å²) in [4.78, 5) is 13.2. The zero-order valence-electron chi connectivity index (χ0n) is 14.2. The Bertz CT molecular complexity index is 751. The van der Waals surface area contributed by atoms with Crippen LogP contribution in [0.3, 0.4) is 0 Å². The molecule has 6 nitrogen and oxygen atoms in total. The van der Waals surface area contributed by atoms with E-state index < -0.39 is 26.6 Å². The summed E-state index contributed by atoms with van der Waals surface area (Å²) < 4.78 is 52.9. The standard InChI is InChI=1S/C16H21F2N3O3S.ClH/c17-13-3-4-15(14(18)9-13)25(23,24)21-7-5-20(6-8-21)16(22)11-19-10-12-1-2-12;/h3-4,9,12,19H,1-2,5-8,10-11H2;1H. The highest BCUT2D eigenvalue weighted by molar-refractivity contribution is 7.89. The first-order valence-corrected chi connectivity index (χ1v) is 9.75. The summed E-state index contributed by atoms with van der Waals surface area (Å²) in [5.41, 5.74) is 0. The molecule has 0 unspecified atom stereocenters. The number of benzene rings is 1. The Morgan fingerprint density at radius 3 is 2.38 bits per heavy atom. The van der Waals surface area contributed by atoms with Crippen molar-refractivity contribution in [2.24, 2.45) is 5.92 Å². The number of piperazine rings is 1. The summed E-state index contributed by atoms with van der Waals surface area (Å²) in [6.07, 6.45) is 2.41. The fourth-order valence-electron chi connectivity index (χ4n) is 2.82. The second kappa shape index (κ2) is 8.60. The molecule has 1 amide bonds. The lowest BCUT2D eigenvalue weighted by Crippen LogP contribution is -2.52. The Hall–Kier alpha value is -1.29. The third kappa shape index (κ3) is 4.91. The Labute approximate surface area is 158 Å². The molecular weight excluding hydrogens is 388 g/mol. The second-order valence-corrected chi connectivity index (χ2v) is 8.34. The molecule has 10 heteroatoms. The van der Waals surface area contributed by atoms with E-state index in [2.05, 4.69) is 5.32 Å². The van der Waals surface area contributed by atoms with Crippen LogP contribution in [0.5, 0.6) is 0 Å². The van der Waals surface area contributed by atoms with Gasteiger partial charge in [-0.3, -0.25) is 4.79 Å². The summed E-state index contributed by atoms with van der Waals surface area (Å²) in [6, 6.07) is 2.40. The van der Waals surface area contributed by atoms with Gasteiger partial charge in [-0.25, -0.2) is 17.2 Å². The monoisotopic (exact) mass is 409 g/mol. The van der Waals surface area contributed by atoms with Gasteiger partial charge >= 0.3 is 0 Å². The van der Waals surface area contributed by atoms with Crippen LogP contribution in [0, 0.1) is 17.6 Å². The summed E-state index contributed by atoms with van der Waals surface area (Å²) in [5, 5.41) is 3.12. The van der Waals surface area contributed by atoms with Crippen molar-refractivity contribution in [3.8, 4) is 0 Å². The maximum atomic E-state index is 13.8. The van der Waals surface area contributed by atoms with Crippen LogP contribution in [0.1, 0.15) is 12.8 Å². The van der Waals surface area contributed by atoms with Crippen molar-refractivity contribution in [1.29, 1.82) is 0 Å². The maximum Gasteiger partial charge on any atom is 0.246 e. The predicted octanol–water partition coefficient (Wildman–Crippen LogP) is 1.22. The van der Waals surface area contributed by atoms with Gasteiger partial charge in [0.1, 0.15) is 16.5 Å². The molecule has 1 aromatic carbocycles. The van der Waals surface area contributed by atoms with Crippen molar-refractivity contribution in [3.63, 3.8) is 0 Å². The minimum atomic E-state index is -4.04. The Kier molecular flexibility index (Phi) is 6.95. The molecule has 1 heterocycles. The Morgan fingerprint density at radius 2 is 1.81 bits per heavy atom. The molecule has 146 valence electrons. The topological polar surface area (TPSA) is 69.7 Å². The summed E-state index contributed by atoms with van der Waals surface area (Å²) >= 11 is 0. The number of nitrogens with zero attached hydrogens (tertiary/aromatic N) is 2. The fourth-order valence-corrected chi connectivity index (χ4v) is 4.29. The second-order valence-electron chi connectivity index (χ2n) is 6.43. The molecule has 3 rings (SSSR count). The lowest BCUT2D eigenvalue weighted by molar-refractivity contribution is -0.131. The van der Waals surface area contributed by atoms with Crippen molar-refractivity contribution in [2.45, 2.75) is 17.7 Å². The van der Waals surface area contributed by atoms with Crippen LogP contribution in [-0.2, 0) is 14.8 Å². The number of amides is 1. The molecule has 0 radical (unpaired) electrons. The van der Waals surface area contributed by atoms with Gasteiger partial charge in [-0.1, -0.05) is 0 Å². The summed E-state index contributed by atoms with van der Waals surface area (Å²) in [6.45, 7) is 1.78. The van der Waals surface area contributed by atoms with E-state index >= 15 is 0 Å². The van der Waals surface area contributed by atoms with Crippen molar-refractivity contribution >= 4 is 28.3 Å². The molecule has 1 saturated heterocycles. The molecule has 0 spiro atoms. The number of nitrogens with one attached hydrogen (secondary N) is 1. The van der Waals surface area contributed by atoms with E-state index in [1.165, 1.54) is 12.8 Å². The van der Waals surface area contributed by atoms with Crippen molar-refractivity contribution in [1.82, 2.24) is 14.5 Å². The molecule has 26 heavy (non-hydrogen) atoms. The van der Waals surface area contributed by atoms with Crippen molar-refractivity contribution in [3.05, 3.63) is 29.8 Å². The molecular formula is C16H22ClF2N3O3S. The van der Waals surface area contributed by atoms with Gasteiger partial charge in [-0.15, -0.1) is 12.4 Å². The third-order valence-electron chi connectivity index (χ3n) is 4.51. The van der Waals surface area contributed by atoms with Crippen LogP contribution in [0.4, 0.5) is 8.78 Å². The molecule has 1 aromatic rings. The number of carbonyl (C=O) groups excluding carboxylic acids is 1. The fraction of sp³-hybridized carbons (Fsp3) is 0.562. The zero-order valence-corrected chi connectivity index (χ0v) is 15.8. The van der Waals surface area contributed by atoms with Crippen LogP contribution < -0.4 is 5.32 Å². The van der Waals surface area contributed by atoms with Gasteiger partial charge in [0, 0.05) is 32.2 Å². The highest BCUT2D eigenvalue weighted by atomic mass is 35.5. The predicted molar refractivity (Wildman–Crippen MR) is 94.5 cm³/mol. The quantitative estimate of drug-likeness (QED) is 0.767. The van der Waals surface area contributed by atoms with E-state index in [1.54, 1.807) is 4.90 Å².